The maximum atomic E-state index is 6.80. The van der Waals surface area contributed by atoms with Gasteiger partial charge < -0.3 is 0 Å². The van der Waals surface area contributed by atoms with Crippen LogP contribution in [0.3, 0.4) is 0 Å². The molecule has 0 N–H and O–H groups in total. The van der Waals surface area contributed by atoms with E-state index in [4.69, 9.17) is 117 Å². The van der Waals surface area contributed by atoms with Gasteiger partial charge in [0, 0.05) is 35.7 Å². The Labute approximate surface area is 257 Å². The number of hydrogen-bond acceptors (Lipinski definition) is 4. The minimum Gasteiger partial charge on any atom is -0.142 e. The van der Waals surface area contributed by atoms with Crippen LogP contribution in [0.4, 0.5) is 0 Å². The van der Waals surface area contributed by atoms with Crippen LogP contribution in [-0.4, -0.2) is 12.0 Å². The van der Waals surface area contributed by atoms with Crippen molar-refractivity contribution in [1.82, 2.24) is 0 Å². The lowest BCUT2D eigenvalue weighted by Gasteiger charge is -2.29. The second kappa shape index (κ2) is 8.02. The highest BCUT2D eigenvalue weighted by Crippen LogP contribution is 2.54. The predicted octanol–water partition coefficient (Wildman–Crippen LogP) is 9.80. The van der Waals surface area contributed by atoms with E-state index >= 15 is 0 Å². The van der Waals surface area contributed by atoms with Crippen molar-refractivity contribution >= 4 is 204 Å². The molecule has 7 rings (SSSR count). The molecule has 180 valence electrons. The molecule has 0 aromatic heterocycles. The smallest absolute Gasteiger partial charge is 0.142 e. The summed E-state index contributed by atoms with van der Waals surface area (Å²) < 4.78 is 0. The minimum absolute atomic E-state index is 0.471. The van der Waals surface area contributed by atoms with E-state index in [1.54, 1.807) is 0 Å². The van der Waals surface area contributed by atoms with E-state index in [9.17, 15) is 0 Å². The van der Waals surface area contributed by atoms with Gasteiger partial charge in [0.2, 0.25) is 0 Å². The van der Waals surface area contributed by atoms with Crippen molar-refractivity contribution in [3.8, 4) is 0 Å². The molecule has 7 aromatic carbocycles. The lowest BCUT2D eigenvalue weighted by molar-refractivity contribution is 1.30. The van der Waals surface area contributed by atoms with Crippen molar-refractivity contribution in [1.29, 1.82) is 0 Å². The normalized spacial score (nSPS) is 13.8. The first-order chi connectivity index (χ1) is 16.8. The summed E-state index contributed by atoms with van der Waals surface area (Å²) in [5.74, 6) is 0. The SMILES string of the molecule is Sc1c(S)c2c(S)c(S)c3c([Si](Cl)(Cl)Cl)c([Si](Cl)(Cl)Cl)c4ccc5ccc6ccc1c1c6c5c4c3c21. The molecule has 0 unspecified atom stereocenters. The zero-order chi connectivity index (χ0) is 25.6. The molecule has 12 heteroatoms. The van der Waals surface area contributed by atoms with Gasteiger partial charge in [-0.15, -0.1) is 117 Å². The van der Waals surface area contributed by atoms with Gasteiger partial charge in [-0.1, -0.05) is 36.4 Å². The predicted molar refractivity (Wildman–Crippen MR) is 180 cm³/mol. The van der Waals surface area contributed by atoms with E-state index < -0.39 is 12.0 Å². The third kappa shape index (κ3) is 3.10. The van der Waals surface area contributed by atoms with Crippen molar-refractivity contribution in [2.75, 3.05) is 0 Å². The molecule has 0 amide bonds. The molecular weight excluding hydrogens is 685 g/mol. The van der Waals surface area contributed by atoms with Gasteiger partial charge in [-0.05, 0) is 58.8 Å². The van der Waals surface area contributed by atoms with Crippen LogP contribution in [0.25, 0.3) is 64.6 Å². The first-order valence-electron chi connectivity index (χ1n) is 10.5. The van der Waals surface area contributed by atoms with Crippen molar-refractivity contribution in [3.05, 3.63) is 36.4 Å². The summed E-state index contributed by atoms with van der Waals surface area (Å²) in [6, 6.07) is 5.26. The molecule has 0 bridgehead atoms. The third-order valence-electron chi connectivity index (χ3n) is 7.17. The first kappa shape index (κ1) is 25.4. The fourth-order valence-corrected chi connectivity index (χ4v) is 15.3. The van der Waals surface area contributed by atoms with Crippen LogP contribution in [0, 0.1) is 0 Å². The molecule has 0 spiro atoms. The Bertz CT molecular complexity index is 2070. The topological polar surface area (TPSA) is 0 Å². The average molecular weight is 696 g/mol. The Kier molecular flexibility index (Phi) is 5.66. The fourth-order valence-electron chi connectivity index (χ4n) is 5.94. The molecule has 0 aliphatic carbocycles. The van der Waals surface area contributed by atoms with Gasteiger partial charge in [-0.3, -0.25) is 0 Å². The zero-order valence-electron chi connectivity index (χ0n) is 17.5. The molecular formula is C24H10Cl6S4Si2. The average Bonchev–Trinajstić information content (AvgIpc) is 2.80. The van der Waals surface area contributed by atoms with Gasteiger partial charge in [0.05, 0.1) is 0 Å². The third-order valence-corrected chi connectivity index (χ3v) is 15.1. The standard InChI is InChI=1S/C24H10Cl6S4Si2/c25-35(26,27)23-10-6-4-8-2-1-7-3-5-9-13-11(7)12(8)14(10)16-15(13)17(20(32)19(9)31)21(33)22(34)18(16)24(23)36(28,29)30/h1-6,31-34H. The maximum absolute atomic E-state index is 6.80. The van der Waals surface area contributed by atoms with Crippen molar-refractivity contribution in [2.45, 2.75) is 19.6 Å². The highest BCUT2D eigenvalue weighted by Gasteiger charge is 2.44. The van der Waals surface area contributed by atoms with Crippen LogP contribution in [0.5, 0.6) is 0 Å². The van der Waals surface area contributed by atoms with E-state index in [0.717, 1.165) is 69.0 Å². The lowest BCUT2D eigenvalue weighted by atomic mass is 9.82. The Morgan fingerprint density at radius 1 is 0.389 bits per heavy atom. The number of benzene rings is 7. The van der Waals surface area contributed by atoms with Gasteiger partial charge in [0.1, 0.15) is 0 Å². The molecule has 0 heterocycles. The molecule has 0 fully saturated rings. The largest absolute Gasteiger partial charge is 0.373 e. The molecule has 0 atom stereocenters. The van der Waals surface area contributed by atoms with Gasteiger partial charge in [-0.25, -0.2) is 0 Å². The van der Waals surface area contributed by atoms with E-state index in [1.165, 1.54) is 0 Å². The van der Waals surface area contributed by atoms with E-state index in [-0.39, 0.29) is 0 Å². The van der Waals surface area contributed by atoms with Gasteiger partial charge >= 0.3 is 12.0 Å². The zero-order valence-corrected chi connectivity index (χ0v) is 27.6. The number of halogens is 6. The number of hydrogen-bond donors (Lipinski definition) is 4. The van der Waals surface area contributed by atoms with Crippen LogP contribution < -0.4 is 10.4 Å². The van der Waals surface area contributed by atoms with Crippen LogP contribution in [0.1, 0.15) is 0 Å². The molecule has 0 radical (unpaired) electrons. The van der Waals surface area contributed by atoms with Gasteiger partial charge in [0.15, 0.2) is 0 Å². The Morgan fingerprint density at radius 2 is 0.806 bits per heavy atom. The maximum Gasteiger partial charge on any atom is 0.373 e. The molecule has 0 saturated carbocycles. The molecule has 0 aliphatic rings. The van der Waals surface area contributed by atoms with Gasteiger partial charge in [-0.2, -0.15) is 0 Å². The van der Waals surface area contributed by atoms with Crippen LogP contribution in [0.15, 0.2) is 56.0 Å². The molecule has 7 aromatic rings. The molecule has 0 saturated heterocycles. The number of thiol groups is 4. The molecule has 0 nitrogen and oxygen atoms in total. The summed E-state index contributed by atoms with van der Waals surface area (Å²) >= 11 is 60.4. The highest BCUT2D eigenvalue weighted by atomic mass is 35.8. The van der Waals surface area contributed by atoms with E-state index in [1.807, 2.05) is 12.1 Å². The Balaban J connectivity index is 2.04. The summed E-state index contributed by atoms with van der Waals surface area (Å²) in [4.78, 5) is 2.67. The summed E-state index contributed by atoms with van der Waals surface area (Å²) in [6.45, 7) is 0. The van der Waals surface area contributed by atoms with Crippen LogP contribution in [0.2, 0.25) is 0 Å². The highest BCUT2D eigenvalue weighted by molar-refractivity contribution is 7.85. The summed E-state index contributed by atoms with van der Waals surface area (Å²) in [7, 11) is 0. The minimum atomic E-state index is -3.63. The second-order valence-electron chi connectivity index (χ2n) is 8.88. The summed E-state index contributed by atoms with van der Waals surface area (Å²) in [5.41, 5.74) is 0. The van der Waals surface area contributed by atoms with Gasteiger partial charge in [0.25, 0.3) is 0 Å². The van der Waals surface area contributed by atoms with Crippen molar-refractivity contribution < 1.29 is 0 Å². The van der Waals surface area contributed by atoms with Crippen LogP contribution in [-0.2, 0) is 0 Å². The van der Waals surface area contributed by atoms with Crippen LogP contribution >= 0.6 is 117 Å². The van der Waals surface area contributed by atoms with E-state index in [2.05, 4.69) is 24.3 Å². The monoisotopic (exact) mass is 692 g/mol. The van der Waals surface area contributed by atoms with Crippen molar-refractivity contribution in [3.63, 3.8) is 0 Å². The first-order valence-corrected chi connectivity index (χ1v) is 22.4. The summed E-state index contributed by atoms with van der Waals surface area (Å²) in [5, 5.41) is 12.6. The second-order valence-corrected chi connectivity index (χ2v) is 27.3. The lowest BCUT2D eigenvalue weighted by Crippen LogP contribution is -2.51. The van der Waals surface area contributed by atoms with E-state index in [0.29, 0.717) is 25.6 Å². The Morgan fingerprint density at radius 3 is 1.36 bits per heavy atom. The Hall–Kier alpha value is 0.454. The molecule has 36 heavy (non-hydrogen) atoms. The fraction of sp³-hybridized carbons (Fsp3) is 0. The summed E-state index contributed by atoms with van der Waals surface area (Å²) in [6.07, 6.45) is 0. The molecule has 0 aliphatic heterocycles. The van der Waals surface area contributed by atoms with Crippen molar-refractivity contribution in [2.24, 2.45) is 0 Å². The number of rotatable bonds is 2. The quantitative estimate of drug-likeness (QED) is 0.0448.